The fraction of sp³-hybridized carbons (Fsp3) is 0.500. The van der Waals surface area contributed by atoms with Crippen LogP contribution in [0.15, 0.2) is 16.9 Å². The molecule has 0 aliphatic carbocycles. The lowest BCUT2D eigenvalue weighted by molar-refractivity contribution is 0.374. The van der Waals surface area contributed by atoms with Crippen LogP contribution in [0, 0.1) is 0 Å². The molecule has 0 radical (unpaired) electrons. The predicted molar refractivity (Wildman–Crippen MR) is 58.5 cm³/mol. The van der Waals surface area contributed by atoms with Crippen molar-refractivity contribution in [2.45, 2.75) is 19.3 Å². The number of aromatic nitrogens is 4. The lowest BCUT2D eigenvalue weighted by Gasteiger charge is -1.93. The lowest BCUT2D eigenvalue weighted by atomic mass is 10.2. The molecule has 0 saturated carbocycles. The van der Waals surface area contributed by atoms with Crippen LogP contribution in [0.2, 0.25) is 0 Å². The number of aryl methyl sites for hydroxylation is 2. The highest BCUT2D eigenvalue weighted by Crippen LogP contribution is 2.13. The number of hydrogen-bond donors (Lipinski definition) is 1. The highest BCUT2D eigenvalue weighted by Gasteiger charge is 2.11. The van der Waals surface area contributed by atoms with E-state index in [9.17, 15) is 0 Å². The number of unbranched alkanes of at least 4 members (excludes halogenated alkanes) is 1. The number of rotatable bonds is 5. The molecule has 2 aromatic heterocycles. The Morgan fingerprint density at radius 2 is 2.31 bits per heavy atom. The van der Waals surface area contributed by atoms with Crippen molar-refractivity contribution < 1.29 is 4.52 Å². The van der Waals surface area contributed by atoms with Crippen LogP contribution in [0.3, 0.4) is 0 Å². The van der Waals surface area contributed by atoms with Crippen LogP contribution >= 0.6 is 0 Å². The minimum absolute atomic E-state index is 0.537. The van der Waals surface area contributed by atoms with Crippen LogP contribution in [0.5, 0.6) is 0 Å². The first-order valence-corrected chi connectivity index (χ1v) is 5.31. The minimum atomic E-state index is 0.537. The third-order valence-corrected chi connectivity index (χ3v) is 2.33. The van der Waals surface area contributed by atoms with Gasteiger partial charge in [0.1, 0.15) is 0 Å². The molecule has 0 atom stereocenters. The van der Waals surface area contributed by atoms with Gasteiger partial charge in [0.2, 0.25) is 11.7 Å². The average molecular weight is 221 g/mol. The summed E-state index contributed by atoms with van der Waals surface area (Å²) in [7, 11) is 1.90. The van der Waals surface area contributed by atoms with Crippen LogP contribution in [-0.4, -0.2) is 26.2 Å². The second-order valence-electron chi connectivity index (χ2n) is 3.62. The number of imidazole rings is 1. The molecule has 2 aromatic rings. The van der Waals surface area contributed by atoms with Crippen LogP contribution < -0.4 is 5.73 Å². The maximum Gasteiger partial charge on any atom is 0.238 e. The largest absolute Gasteiger partial charge is 0.339 e. The summed E-state index contributed by atoms with van der Waals surface area (Å²) in [5, 5.41) is 3.90. The molecule has 0 aromatic carbocycles. The quantitative estimate of drug-likeness (QED) is 0.753. The van der Waals surface area contributed by atoms with Crippen LogP contribution in [0.25, 0.3) is 11.6 Å². The van der Waals surface area contributed by atoms with Gasteiger partial charge in [-0.1, -0.05) is 5.16 Å². The molecular formula is C10H15N5O. The van der Waals surface area contributed by atoms with Crippen molar-refractivity contribution in [3.05, 3.63) is 18.3 Å². The molecule has 0 spiro atoms. The van der Waals surface area contributed by atoms with Crippen molar-refractivity contribution in [1.82, 2.24) is 19.7 Å². The Balaban J connectivity index is 2.05. The van der Waals surface area contributed by atoms with Gasteiger partial charge in [-0.25, -0.2) is 4.98 Å². The van der Waals surface area contributed by atoms with Crippen molar-refractivity contribution >= 4 is 0 Å². The van der Waals surface area contributed by atoms with Gasteiger partial charge in [-0.3, -0.25) is 0 Å². The molecule has 0 aliphatic heterocycles. The molecule has 2 N–H and O–H groups in total. The zero-order valence-electron chi connectivity index (χ0n) is 9.26. The summed E-state index contributed by atoms with van der Waals surface area (Å²) in [6, 6.07) is 0. The van der Waals surface area contributed by atoms with Gasteiger partial charge in [0, 0.05) is 25.9 Å². The van der Waals surface area contributed by atoms with Gasteiger partial charge in [-0.05, 0) is 19.4 Å². The first-order chi connectivity index (χ1) is 7.81. The summed E-state index contributed by atoms with van der Waals surface area (Å²) >= 11 is 0. The Bertz CT molecular complexity index is 448. The van der Waals surface area contributed by atoms with Crippen molar-refractivity contribution in [2.24, 2.45) is 12.8 Å². The minimum Gasteiger partial charge on any atom is -0.339 e. The van der Waals surface area contributed by atoms with Gasteiger partial charge in [0.25, 0.3) is 0 Å². The molecular weight excluding hydrogens is 206 g/mol. The van der Waals surface area contributed by atoms with E-state index in [2.05, 4.69) is 15.1 Å². The maximum absolute atomic E-state index is 5.41. The molecule has 16 heavy (non-hydrogen) atoms. The summed E-state index contributed by atoms with van der Waals surface area (Å²) in [4.78, 5) is 8.44. The Kier molecular flexibility index (Phi) is 3.31. The summed E-state index contributed by atoms with van der Waals surface area (Å²) < 4.78 is 6.99. The highest BCUT2D eigenvalue weighted by atomic mass is 16.5. The monoisotopic (exact) mass is 221 g/mol. The number of nitrogens with two attached hydrogens (primary N) is 1. The van der Waals surface area contributed by atoms with E-state index in [1.165, 1.54) is 0 Å². The van der Waals surface area contributed by atoms with Crippen LogP contribution in [-0.2, 0) is 13.5 Å². The SMILES string of the molecule is Cn1ccnc1-c1noc(CCCCN)n1. The fourth-order valence-electron chi connectivity index (χ4n) is 1.45. The van der Waals surface area contributed by atoms with Gasteiger partial charge in [-0.15, -0.1) is 0 Å². The molecule has 0 unspecified atom stereocenters. The smallest absolute Gasteiger partial charge is 0.238 e. The van der Waals surface area contributed by atoms with E-state index in [0.29, 0.717) is 24.1 Å². The second kappa shape index (κ2) is 4.89. The Morgan fingerprint density at radius 1 is 1.44 bits per heavy atom. The van der Waals surface area contributed by atoms with E-state index in [4.69, 9.17) is 10.3 Å². The molecule has 0 fully saturated rings. The van der Waals surface area contributed by atoms with Crippen molar-refractivity contribution in [3.8, 4) is 11.6 Å². The lowest BCUT2D eigenvalue weighted by Crippen LogP contribution is -1.99. The average Bonchev–Trinajstić information content (AvgIpc) is 2.87. The van der Waals surface area contributed by atoms with Gasteiger partial charge < -0.3 is 14.8 Å². The summed E-state index contributed by atoms with van der Waals surface area (Å²) in [5.41, 5.74) is 5.41. The van der Waals surface area contributed by atoms with Gasteiger partial charge >= 0.3 is 0 Å². The van der Waals surface area contributed by atoms with E-state index in [-0.39, 0.29) is 0 Å². The molecule has 0 aliphatic rings. The molecule has 2 rings (SSSR count). The Morgan fingerprint density at radius 3 is 3.00 bits per heavy atom. The first kappa shape index (κ1) is 10.8. The summed E-state index contributed by atoms with van der Waals surface area (Å²) in [6.07, 6.45) is 6.27. The summed E-state index contributed by atoms with van der Waals surface area (Å²) in [5.74, 6) is 1.90. The standard InChI is InChI=1S/C10H15N5O/c1-15-7-6-12-10(15)9-13-8(16-14-9)4-2-3-5-11/h6-7H,2-5,11H2,1H3. The van der Waals surface area contributed by atoms with E-state index in [1.807, 2.05) is 17.8 Å². The van der Waals surface area contributed by atoms with Crippen LogP contribution in [0.4, 0.5) is 0 Å². The van der Waals surface area contributed by atoms with Crippen molar-refractivity contribution in [3.63, 3.8) is 0 Å². The van der Waals surface area contributed by atoms with Gasteiger partial charge in [0.15, 0.2) is 5.82 Å². The van der Waals surface area contributed by atoms with Gasteiger partial charge in [-0.2, -0.15) is 4.98 Å². The molecule has 2 heterocycles. The van der Waals surface area contributed by atoms with E-state index in [1.54, 1.807) is 6.20 Å². The summed E-state index contributed by atoms with van der Waals surface area (Å²) in [6.45, 7) is 0.695. The zero-order valence-corrected chi connectivity index (χ0v) is 9.26. The maximum atomic E-state index is 5.41. The third-order valence-electron chi connectivity index (χ3n) is 2.33. The Hall–Kier alpha value is -1.69. The van der Waals surface area contributed by atoms with E-state index in [0.717, 1.165) is 19.3 Å². The third kappa shape index (κ3) is 2.27. The molecule has 0 amide bonds. The van der Waals surface area contributed by atoms with E-state index >= 15 is 0 Å². The number of nitrogens with zero attached hydrogens (tertiary/aromatic N) is 4. The topological polar surface area (TPSA) is 82.8 Å². The van der Waals surface area contributed by atoms with Crippen molar-refractivity contribution in [2.75, 3.05) is 6.54 Å². The molecule has 0 bridgehead atoms. The number of hydrogen-bond acceptors (Lipinski definition) is 5. The molecule has 6 nitrogen and oxygen atoms in total. The molecule has 6 heteroatoms. The van der Waals surface area contributed by atoms with Gasteiger partial charge in [0.05, 0.1) is 0 Å². The predicted octanol–water partition coefficient (Wildman–Crippen LogP) is 0.751. The van der Waals surface area contributed by atoms with Crippen LogP contribution in [0.1, 0.15) is 18.7 Å². The second-order valence-corrected chi connectivity index (χ2v) is 3.62. The molecule has 86 valence electrons. The van der Waals surface area contributed by atoms with E-state index < -0.39 is 0 Å². The Labute approximate surface area is 93.5 Å². The normalized spacial score (nSPS) is 10.9. The first-order valence-electron chi connectivity index (χ1n) is 5.31. The zero-order chi connectivity index (χ0) is 11.4. The van der Waals surface area contributed by atoms with Crippen molar-refractivity contribution in [1.29, 1.82) is 0 Å². The molecule has 0 saturated heterocycles. The highest BCUT2D eigenvalue weighted by molar-refractivity contribution is 5.42. The fourth-order valence-corrected chi connectivity index (χ4v) is 1.45.